The number of carboxylic acid groups (broad SMARTS) is 2. The SMILES string of the molecule is CCOc1cc2c(cc1OC)C(c1cnc(OC)c(OC)c1)=N[C@@H]1CC[C@@H](O)C[C@H]21.O=C(O)/C=C/C(=O)O. The second kappa shape index (κ2) is 12.9. The van der Waals surface area contributed by atoms with Gasteiger partial charge in [-0.3, -0.25) is 4.99 Å². The largest absolute Gasteiger partial charge is 0.493 e. The smallest absolute Gasteiger partial charge is 0.328 e. The lowest BCUT2D eigenvalue weighted by molar-refractivity contribution is -0.134. The van der Waals surface area contributed by atoms with Crippen molar-refractivity contribution in [3.8, 4) is 23.1 Å². The number of hydrogen-bond acceptors (Lipinski definition) is 9. The van der Waals surface area contributed by atoms with Crippen molar-refractivity contribution in [1.82, 2.24) is 4.98 Å². The van der Waals surface area contributed by atoms with Gasteiger partial charge in [0.15, 0.2) is 17.2 Å². The third-order valence-electron chi connectivity index (χ3n) is 6.24. The first-order chi connectivity index (χ1) is 18.2. The van der Waals surface area contributed by atoms with E-state index < -0.39 is 11.9 Å². The van der Waals surface area contributed by atoms with Crippen molar-refractivity contribution in [1.29, 1.82) is 0 Å². The standard InChI is InChI=1S/C23H28N2O5.C4H4O4/c1-5-30-20-10-15-16-9-14(26)6-7-18(16)25-22(17(15)11-19(20)27-2)13-8-21(28-3)23(29-4)24-12-13;5-3(6)1-2-4(7)8/h8,10-12,14,16,18,26H,5-7,9H2,1-4H3;1-2H,(H,5,6)(H,7,8)/b;2-1+/t14-,16-,18-;/m1./s1. The minimum atomic E-state index is -1.26. The second-order valence-corrected chi connectivity index (χ2v) is 8.59. The molecule has 1 aliphatic carbocycles. The maximum Gasteiger partial charge on any atom is 0.328 e. The van der Waals surface area contributed by atoms with Gasteiger partial charge >= 0.3 is 11.9 Å². The van der Waals surface area contributed by atoms with Gasteiger partial charge in [0.2, 0.25) is 0 Å². The van der Waals surface area contributed by atoms with Crippen LogP contribution in [0, 0.1) is 0 Å². The predicted molar refractivity (Wildman–Crippen MR) is 138 cm³/mol. The summed E-state index contributed by atoms with van der Waals surface area (Å²) in [5.41, 5.74) is 3.80. The van der Waals surface area contributed by atoms with E-state index in [4.69, 9.17) is 34.2 Å². The average molecular weight is 529 g/mol. The Morgan fingerprint density at radius 2 is 1.66 bits per heavy atom. The molecule has 3 atom stereocenters. The van der Waals surface area contributed by atoms with Gasteiger partial charge < -0.3 is 34.3 Å². The number of carbonyl (C=O) groups is 2. The molecular formula is C27H32N2O9. The van der Waals surface area contributed by atoms with E-state index >= 15 is 0 Å². The molecule has 11 nitrogen and oxygen atoms in total. The zero-order chi connectivity index (χ0) is 27.8. The zero-order valence-corrected chi connectivity index (χ0v) is 21.7. The number of aliphatic hydroxyl groups excluding tert-OH is 1. The monoisotopic (exact) mass is 528 g/mol. The lowest BCUT2D eigenvalue weighted by atomic mass is 9.74. The molecule has 0 bridgehead atoms. The number of benzene rings is 1. The van der Waals surface area contributed by atoms with Crippen LogP contribution in [0.3, 0.4) is 0 Å². The van der Waals surface area contributed by atoms with Gasteiger partial charge in [-0.25, -0.2) is 14.6 Å². The zero-order valence-electron chi connectivity index (χ0n) is 21.7. The maximum absolute atomic E-state index is 10.3. The second-order valence-electron chi connectivity index (χ2n) is 8.59. The summed E-state index contributed by atoms with van der Waals surface area (Å²) in [6.45, 7) is 2.50. The molecule has 1 aliphatic heterocycles. The Morgan fingerprint density at radius 1 is 0.974 bits per heavy atom. The number of aliphatic hydroxyl groups is 1. The van der Waals surface area contributed by atoms with Gasteiger partial charge in [0.1, 0.15) is 0 Å². The van der Waals surface area contributed by atoms with E-state index in [0.29, 0.717) is 48.3 Å². The highest BCUT2D eigenvalue weighted by Gasteiger charge is 2.37. The maximum atomic E-state index is 10.3. The van der Waals surface area contributed by atoms with Crippen molar-refractivity contribution < 1.29 is 43.9 Å². The summed E-state index contributed by atoms with van der Waals surface area (Å²) >= 11 is 0. The molecule has 2 heterocycles. The first-order valence-corrected chi connectivity index (χ1v) is 12.1. The molecule has 0 saturated heterocycles. The topological polar surface area (TPSA) is 157 Å². The molecule has 0 radical (unpaired) electrons. The van der Waals surface area contributed by atoms with Crippen molar-refractivity contribution in [2.24, 2.45) is 4.99 Å². The Bertz CT molecular complexity index is 1210. The average Bonchev–Trinajstić information content (AvgIpc) is 2.91. The number of hydrogen-bond donors (Lipinski definition) is 3. The lowest BCUT2D eigenvalue weighted by Crippen LogP contribution is -2.34. The van der Waals surface area contributed by atoms with E-state index in [-0.39, 0.29) is 18.1 Å². The minimum Gasteiger partial charge on any atom is -0.493 e. The molecule has 4 rings (SSSR count). The Labute approximate surface area is 220 Å². The molecule has 204 valence electrons. The lowest BCUT2D eigenvalue weighted by Gasteiger charge is -2.37. The molecule has 1 saturated carbocycles. The summed E-state index contributed by atoms with van der Waals surface area (Å²) in [7, 11) is 4.79. The van der Waals surface area contributed by atoms with Gasteiger partial charge in [0.05, 0.1) is 45.8 Å². The predicted octanol–water partition coefficient (Wildman–Crippen LogP) is 3.07. The number of fused-ring (bicyclic) bond motifs is 3. The summed E-state index contributed by atoms with van der Waals surface area (Å²) in [6, 6.07) is 6.03. The van der Waals surface area contributed by atoms with Crippen LogP contribution in [0.1, 0.15) is 48.8 Å². The van der Waals surface area contributed by atoms with Gasteiger partial charge in [-0.2, -0.15) is 0 Å². The Morgan fingerprint density at radius 3 is 2.24 bits per heavy atom. The minimum absolute atomic E-state index is 0.104. The molecule has 1 aromatic carbocycles. The summed E-state index contributed by atoms with van der Waals surface area (Å²) < 4.78 is 22.2. The first-order valence-electron chi connectivity index (χ1n) is 12.1. The summed E-state index contributed by atoms with van der Waals surface area (Å²) in [5.74, 6) is -0.0135. The summed E-state index contributed by atoms with van der Waals surface area (Å²) in [4.78, 5) is 28.6. The number of aliphatic carboxylic acids is 2. The quantitative estimate of drug-likeness (QED) is 0.435. The highest BCUT2D eigenvalue weighted by molar-refractivity contribution is 6.15. The number of carboxylic acids is 2. The van der Waals surface area contributed by atoms with E-state index in [2.05, 4.69) is 11.1 Å². The number of nitrogens with zero attached hydrogens (tertiary/aromatic N) is 2. The third kappa shape index (κ3) is 6.60. The van der Waals surface area contributed by atoms with Crippen LogP contribution in [0.2, 0.25) is 0 Å². The fourth-order valence-electron chi connectivity index (χ4n) is 4.61. The van der Waals surface area contributed by atoms with Gasteiger partial charge in [0.25, 0.3) is 5.88 Å². The highest BCUT2D eigenvalue weighted by atomic mass is 16.5. The molecule has 1 aromatic heterocycles. The van der Waals surface area contributed by atoms with Crippen LogP contribution in [0.5, 0.6) is 23.1 Å². The molecular weight excluding hydrogens is 496 g/mol. The van der Waals surface area contributed by atoms with Crippen LogP contribution in [-0.4, -0.2) is 78.0 Å². The van der Waals surface area contributed by atoms with Crippen LogP contribution in [-0.2, 0) is 9.59 Å². The van der Waals surface area contributed by atoms with E-state index in [0.717, 1.165) is 35.2 Å². The number of aliphatic imine (C=N–C) groups is 1. The molecule has 1 fully saturated rings. The van der Waals surface area contributed by atoms with E-state index in [1.165, 1.54) is 0 Å². The van der Waals surface area contributed by atoms with Crippen LogP contribution in [0.25, 0.3) is 0 Å². The van der Waals surface area contributed by atoms with E-state index in [1.807, 2.05) is 19.1 Å². The van der Waals surface area contributed by atoms with Crippen molar-refractivity contribution in [3.05, 3.63) is 53.2 Å². The number of pyridine rings is 1. The first kappa shape index (κ1) is 28.5. The number of rotatable bonds is 8. The van der Waals surface area contributed by atoms with Gasteiger partial charge in [0, 0.05) is 35.4 Å². The van der Waals surface area contributed by atoms with Gasteiger partial charge in [-0.1, -0.05) is 0 Å². The number of methoxy groups -OCH3 is 3. The molecule has 0 amide bonds. The fourth-order valence-corrected chi connectivity index (χ4v) is 4.61. The van der Waals surface area contributed by atoms with Crippen molar-refractivity contribution in [2.45, 2.75) is 44.2 Å². The van der Waals surface area contributed by atoms with Crippen LogP contribution < -0.4 is 18.9 Å². The summed E-state index contributed by atoms with van der Waals surface area (Å²) in [5, 5.41) is 25.9. The van der Waals surface area contributed by atoms with Crippen molar-refractivity contribution in [2.75, 3.05) is 27.9 Å². The van der Waals surface area contributed by atoms with Gasteiger partial charge in [-0.15, -0.1) is 0 Å². The molecule has 3 N–H and O–H groups in total. The molecule has 2 aromatic rings. The number of aromatic nitrogens is 1. The van der Waals surface area contributed by atoms with E-state index in [1.54, 1.807) is 27.5 Å². The summed E-state index contributed by atoms with van der Waals surface area (Å²) in [6.07, 6.45) is 4.85. The van der Waals surface area contributed by atoms with E-state index in [9.17, 15) is 14.7 Å². The molecule has 38 heavy (non-hydrogen) atoms. The molecule has 2 aliphatic rings. The number of ether oxygens (including phenoxy) is 4. The van der Waals surface area contributed by atoms with Gasteiger partial charge in [-0.05, 0) is 49.9 Å². The van der Waals surface area contributed by atoms with Crippen LogP contribution in [0.4, 0.5) is 0 Å². The third-order valence-corrected chi connectivity index (χ3v) is 6.24. The Balaban J connectivity index is 0.000000436. The highest BCUT2D eigenvalue weighted by Crippen LogP contribution is 2.45. The van der Waals surface area contributed by atoms with Crippen LogP contribution >= 0.6 is 0 Å². The normalized spacial score (nSPS) is 19.7. The molecule has 11 heteroatoms. The fraction of sp³-hybridized carbons (Fsp3) is 0.407. The van der Waals surface area contributed by atoms with Crippen molar-refractivity contribution >= 4 is 17.7 Å². The molecule has 0 unspecified atom stereocenters. The van der Waals surface area contributed by atoms with Crippen LogP contribution in [0.15, 0.2) is 41.5 Å². The Kier molecular flexibility index (Phi) is 9.66. The Hall–Kier alpha value is -4.12. The molecule has 0 spiro atoms. The van der Waals surface area contributed by atoms with Crippen molar-refractivity contribution in [3.63, 3.8) is 0 Å².